The topological polar surface area (TPSA) is 129 Å². The monoisotopic (exact) mass is 879 g/mol. The number of nitrogens with zero attached hydrogens (tertiary/aromatic N) is 1. The number of carbonyl (C=O) groups excluding carboxylic acids is 2. The third-order valence-corrected chi connectivity index (χ3v) is 10.8. The molecule has 0 aliphatic carbocycles. The maximum absolute atomic E-state index is 12.7. The fraction of sp³-hybridized carbons (Fsp3) is 0.720. The Hall–Kier alpha value is -2.59. The van der Waals surface area contributed by atoms with Crippen molar-refractivity contribution in [2.75, 3.05) is 47.5 Å². The van der Waals surface area contributed by atoms with Crippen LogP contribution in [0.5, 0.6) is 0 Å². The number of ether oxygens (including phenoxy) is 2. The second-order valence-electron chi connectivity index (χ2n) is 17.0. The van der Waals surface area contributed by atoms with Gasteiger partial charge in [-0.1, -0.05) is 189 Å². The highest BCUT2D eigenvalue weighted by molar-refractivity contribution is 7.47. The minimum atomic E-state index is -4.43. The molecular formula is C50H89NO9P+. The van der Waals surface area contributed by atoms with Crippen LogP contribution >= 0.6 is 7.82 Å². The van der Waals surface area contributed by atoms with E-state index in [1.54, 1.807) is 18.2 Å². The van der Waals surface area contributed by atoms with Crippen LogP contribution < -0.4 is 0 Å². The highest BCUT2D eigenvalue weighted by Crippen LogP contribution is 2.43. The van der Waals surface area contributed by atoms with E-state index < -0.39 is 38.6 Å². The summed E-state index contributed by atoms with van der Waals surface area (Å²) in [4.78, 5) is 35.4. The first kappa shape index (κ1) is 58.4. The van der Waals surface area contributed by atoms with Crippen molar-refractivity contribution in [3.05, 3.63) is 72.9 Å². The zero-order valence-corrected chi connectivity index (χ0v) is 40.1. The van der Waals surface area contributed by atoms with Crippen molar-refractivity contribution in [2.45, 2.75) is 187 Å². The summed E-state index contributed by atoms with van der Waals surface area (Å²) in [5, 5.41) is 10.3. The smallest absolute Gasteiger partial charge is 0.462 e. The molecule has 2 unspecified atom stereocenters. The first-order valence-corrected chi connectivity index (χ1v) is 25.3. The quantitative estimate of drug-likeness (QED) is 0.0154. The summed E-state index contributed by atoms with van der Waals surface area (Å²) in [6.07, 6.45) is 48.4. The number of aliphatic hydroxyl groups excluding tert-OH is 1. The molecule has 0 amide bonds. The Morgan fingerprint density at radius 3 is 1.67 bits per heavy atom. The fourth-order valence-corrected chi connectivity index (χ4v) is 6.87. The number of esters is 2. The van der Waals surface area contributed by atoms with Crippen molar-refractivity contribution in [3.8, 4) is 0 Å². The van der Waals surface area contributed by atoms with Crippen molar-refractivity contribution in [2.24, 2.45) is 0 Å². The lowest BCUT2D eigenvalue weighted by Gasteiger charge is -2.24. The number of carbonyl (C=O) groups is 2. The van der Waals surface area contributed by atoms with Gasteiger partial charge in [-0.2, -0.15) is 0 Å². The molecule has 0 saturated heterocycles. The maximum Gasteiger partial charge on any atom is 0.472 e. The van der Waals surface area contributed by atoms with Crippen LogP contribution in [0, 0.1) is 0 Å². The lowest BCUT2D eigenvalue weighted by molar-refractivity contribution is -0.870. The number of allylic oxidation sites excluding steroid dienone is 10. The molecule has 0 aromatic carbocycles. The van der Waals surface area contributed by atoms with Gasteiger partial charge in [-0.25, -0.2) is 4.57 Å². The van der Waals surface area contributed by atoms with Crippen LogP contribution in [-0.2, 0) is 32.7 Å². The van der Waals surface area contributed by atoms with E-state index in [2.05, 4.69) is 50.3 Å². The van der Waals surface area contributed by atoms with Gasteiger partial charge in [0, 0.05) is 12.8 Å². The largest absolute Gasteiger partial charge is 0.472 e. The summed E-state index contributed by atoms with van der Waals surface area (Å²) in [6.45, 7) is 4.11. The van der Waals surface area contributed by atoms with E-state index in [0.717, 1.165) is 38.5 Å². The number of hydrogen-bond acceptors (Lipinski definition) is 8. The van der Waals surface area contributed by atoms with E-state index in [-0.39, 0.29) is 26.1 Å². The van der Waals surface area contributed by atoms with Crippen molar-refractivity contribution >= 4 is 19.8 Å². The van der Waals surface area contributed by atoms with Crippen LogP contribution in [0.2, 0.25) is 0 Å². The number of phosphoric ester groups is 1. The van der Waals surface area contributed by atoms with Crippen LogP contribution in [0.4, 0.5) is 0 Å². The standard InChI is InChI=1S/C50H88NO9P/c1-6-8-10-12-14-16-18-20-21-22-23-25-27-29-31-33-37-41-49(53)57-45-48(46-59-61(55,56)58-44-43-51(3,4)5)60-50(54)42-38-34-36-40-47(52)39-35-32-30-28-26-24-19-17-15-13-11-9-7-2/h9,11,15,17,24,26,30,32,34-36,39,47-48,52H,6-8,10,12-14,16,18-23,25,27-29,31,33,37-38,40-46H2,1-5H3/p+1/b11-9-,17-15-,26-24-,32-30-,36-34-,39-35-/t47?,48-/m1/s1. The second-order valence-corrected chi connectivity index (χ2v) is 18.4. The summed E-state index contributed by atoms with van der Waals surface area (Å²) in [5.41, 5.74) is 0. The minimum absolute atomic E-state index is 0.00265. The average Bonchev–Trinajstić information content (AvgIpc) is 3.21. The molecule has 352 valence electrons. The normalized spacial score (nSPS) is 14.7. The van der Waals surface area contributed by atoms with E-state index >= 15 is 0 Å². The van der Waals surface area contributed by atoms with E-state index in [1.807, 2.05) is 39.4 Å². The van der Waals surface area contributed by atoms with Gasteiger partial charge in [-0.15, -0.1) is 0 Å². The molecule has 0 bridgehead atoms. The van der Waals surface area contributed by atoms with E-state index in [4.69, 9.17) is 18.5 Å². The first-order chi connectivity index (χ1) is 29.4. The highest BCUT2D eigenvalue weighted by atomic mass is 31.2. The lowest BCUT2D eigenvalue weighted by Crippen LogP contribution is -2.37. The third-order valence-electron chi connectivity index (χ3n) is 9.84. The van der Waals surface area contributed by atoms with E-state index in [1.165, 1.54) is 89.9 Å². The SMILES string of the molecule is CC/C=C\C/C=C\C/C=C\C/C=C\C=C/C(O)C/C=C\CCC(=O)O[C@H](COC(=O)CCCCCCCCCCCCCCCCCCC)COP(=O)(O)OCC[N+](C)(C)C. The number of aliphatic hydroxyl groups is 1. The van der Waals surface area contributed by atoms with Crippen LogP contribution in [0.15, 0.2) is 72.9 Å². The molecule has 0 radical (unpaired) electrons. The number of likely N-dealkylation sites (N-methyl/N-ethyl adjacent to an activating group) is 1. The van der Waals surface area contributed by atoms with E-state index in [9.17, 15) is 24.2 Å². The van der Waals surface area contributed by atoms with Crippen LogP contribution in [-0.4, -0.2) is 86.1 Å². The van der Waals surface area contributed by atoms with Crippen molar-refractivity contribution < 1.29 is 47.2 Å². The molecule has 10 nitrogen and oxygen atoms in total. The Morgan fingerprint density at radius 1 is 0.607 bits per heavy atom. The zero-order chi connectivity index (χ0) is 45.1. The molecule has 0 spiro atoms. The molecule has 0 aliphatic heterocycles. The molecule has 0 aromatic heterocycles. The molecule has 0 aromatic rings. The number of rotatable bonds is 42. The van der Waals surface area contributed by atoms with Gasteiger partial charge in [0.05, 0.1) is 33.9 Å². The minimum Gasteiger partial charge on any atom is -0.462 e. The van der Waals surface area contributed by atoms with Gasteiger partial charge in [0.2, 0.25) is 0 Å². The van der Waals surface area contributed by atoms with Crippen LogP contribution in [0.1, 0.15) is 174 Å². The Bertz CT molecular complexity index is 1280. The van der Waals surface area contributed by atoms with Crippen LogP contribution in [0.3, 0.4) is 0 Å². The Kier molecular flexibility index (Phi) is 39.7. The van der Waals surface area contributed by atoms with Crippen LogP contribution in [0.25, 0.3) is 0 Å². The fourth-order valence-electron chi connectivity index (χ4n) is 6.12. The number of phosphoric acid groups is 1. The molecule has 0 fully saturated rings. The summed E-state index contributed by atoms with van der Waals surface area (Å²) in [6, 6.07) is 0. The molecule has 0 aliphatic rings. The third kappa shape index (κ3) is 45.3. The van der Waals surface area contributed by atoms with Gasteiger partial charge in [0.1, 0.15) is 19.8 Å². The molecular weight excluding hydrogens is 790 g/mol. The van der Waals surface area contributed by atoms with Gasteiger partial charge < -0.3 is 24.0 Å². The molecule has 0 heterocycles. The first-order valence-electron chi connectivity index (χ1n) is 23.8. The molecule has 3 atom stereocenters. The maximum atomic E-state index is 12.7. The van der Waals surface area contributed by atoms with Gasteiger partial charge in [0.15, 0.2) is 6.10 Å². The highest BCUT2D eigenvalue weighted by Gasteiger charge is 2.27. The molecule has 0 rings (SSSR count). The van der Waals surface area contributed by atoms with E-state index in [0.29, 0.717) is 30.3 Å². The van der Waals surface area contributed by atoms with Crippen molar-refractivity contribution in [3.63, 3.8) is 0 Å². The average molecular weight is 879 g/mol. The lowest BCUT2D eigenvalue weighted by atomic mass is 10.0. The predicted molar refractivity (Wildman–Crippen MR) is 253 cm³/mol. The van der Waals surface area contributed by atoms with Gasteiger partial charge in [-0.3, -0.25) is 18.6 Å². The zero-order valence-electron chi connectivity index (χ0n) is 39.2. The molecule has 61 heavy (non-hydrogen) atoms. The Labute approximate surface area is 372 Å². The Morgan fingerprint density at radius 2 is 1.13 bits per heavy atom. The predicted octanol–water partition coefficient (Wildman–Crippen LogP) is 12.8. The Balaban J connectivity index is 4.52. The van der Waals surface area contributed by atoms with Crippen molar-refractivity contribution in [1.82, 2.24) is 0 Å². The summed E-state index contributed by atoms with van der Waals surface area (Å²) >= 11 is 0. The van der Waals surface area contributed by atoms with Gasteiger partial charge in [-0.05, 0) is 44.9 Å². The summed E-state index contributed by atoms with van der Waals surface area (Å²) < 4.78 is 34.2. The summed E-state index contributed by atoms with van der Waals surface area (Å²) in [7, 11) is 1.36. The second kappa shape index (κ2) is 41.4. The number of unbranched alkanes of at least 4 members (excludes halogenated alkanes) is 16. The number of hydrogen-bond donors (Lipinski definition) is 2. The summed E-state index contributed by atoms with van der Waals surface area (Å²) in [5.74, 6) is -0.980. The molecule has 2 N–H and O–H groups in total. The number of quaternary nitrogens is 1. The van der Waals surface area contributed by atoms with Gasteiger partial charge in [0.25, 0.3) is 0 Å². The molecule has 0 saturated carbocycles. The van der Waals surface area contributed by atoms with Crippen molar-refractivity contribution in [1.29, 1.82) is 0 Å². The van der Waals surface area contributed by atoms with Gasteiger partial charge >= 0.3 is 19.8 Å². The molecule has 11 heteroatoms.